The van der Waals surface area contributed by atoms with Crippen molar-refractivity contribution in [2.45, 2.75) is 0 Å². The number of carbonyl (C=O) groups excluding carboxylic acids is 1. The van der Waals surface area contributed by atoms with Crippen LogP contribution in [0.3, 0.4) is 0 Å². The van der Waals surface area contributed by atoms with Crippen LogP contribution in [0.4, 0.5) is 21.9 Å². The molecule has 0 saturated carbocycles. The number of amides is 2. The number of nitro groups is 1. The van der Waals surface area contributed by atoms with Crippen LogP contribution in [-0.4, -0.2) is 11.0 Å². The number of nitrogens with zero attached hydrogens (tertiary/aromatic N) is 1. The Bertz CT molecular complexity index is 647. The van der Waals surface area contributed by atoms with Gasteiger partial charge >= 0.3 is 6.03 Å². The number of rotatable bonds is 3. The molecule has 2 aromatic carbocycles. The fraction of sp³-hybridized carbons (Fsp3) is 0. The van der Waals surface area contributed by atoms with Crippen molar-refractivity contribution in [3.05, 3.63) is 63.7 Å². The maximum absolute atomic E-state index is 11.8. The van der Waals surface area contributed by atoms with E-state index in [1.165, 1.54) is 18.2 Å². The first kappa shape index (κ1) is 13.8. The molecule has 0 fully saturated rings. The molecule has 102 valence electrons. The van der Waals surface area contributed by atoms with Gasteiger partial charge in [-0.2, -0.15) is 0 Å². The maximum Gasteiger partial charge on any atom is 0.323 e. The molecule has 0 aliphatic carbocycles. The largest absolute Gasteiger partial charge is 0.323 e. The zero-order chi connectivity index (χ0) is 14.5. The van der Waals surface area contributed by atoms with Gasteiger partial charge in [-0.25, -0.2) is 4.79 Å². The molecule has 0 bridgehead atoms. The molecular weight excluding hydrogens is 282 g/mol. The summed E-state index contributed by atoms with van der Waals surface area (Å²) in [6, 6.07) is 12.1. The second kappa shape index (κ2) is 6.03. The standard InChI is InChI=1S/C13H10ClN3O3/c14-11-7-6-10(17(19)20)8-12(11)16-13(18)15-9-4-2-1-3-5-9/h1-8H,(H2,15,16,18). The van der Waals surface area contributed by atoms with Crippen LogP contribution in [0.15, 0.2) is 48.5 Å². The van der Waals surface area contributed by atoms with Crippen molar-refractivity contribution in [3.63, 3.8) is 0 Å². The first-order valence-corrected chi connectivity index (χ1v) is 6.01. The summed E-state index contributed by atoms with van der Waals surface area (Å²) >= 11 is 5.88. The van der Waals surface area contributed by atoms with E-state index in [9.17, 15) is 14.9 Å². The first-order valence-electron chi connectivity index (χ1n) is 5.63. The Balaban J connectivity index is 2.11. The van der Waals surface area contributed by atoms with Gasteiger partial charge in [0.15, 0.2) is 0 Å². The van der Waals surface area contributed by atoms with Crippen molar-refractivity contribution in [1.29, 1.82) is 0 Å². The van der Waals surface area contributed by atoms with Gasteiger partial charge in [0.25, 0.3) is 5.69 Å². The van der Waals surface area contributed by atoms with Crippen molar-refractivity contribution in [3.8, 4) is 0 Å². The lowest BCUT2D eigenvalue weighted by Crippen LogP contribution is -2.19. The van der Waals surface area contributed by atoms with E-state index in [-0.39, 0.29) is 16.4 Å². The highest BCUT2D eigenvalue weighted by atomic mass is 35.5. The minimum Gasteiger partial charge on any atom is -0.308 e. The number of anilines is 2. The molecule has 6 nitrogen and oxygen atoms in total. The summed E-state index contributed by atoms with van der Waals surface area (Å²) in [5.74, 6) is 0. The number of urea groups is 1. The van der Waals surface area contributed by atoms with Gasteiger partial charge in [-0.15, -0.1) is 0 Å². The van der Waals surface area contributed by atoms with Crippen LogP contribution in [0.5, 0.6) is 0 Å². The highest BCUT2D eigenvalue weighted by Crippen LogP contribution is 2.26. The number of nitrogens with one attached hydrogen (secondary N) is 2. The van der Waals surface area contributed by atoms with Gasteiger partial charge in [-0.05, 0) is 18.2 Å². The van der Waals surface area contributed by atoms with Crippen LogP contribution in [0.1, 0.15) is 0 Å². The van der Waals surface area contributed by atoms with Crippen molar-refractivity contribution in [2.24, 2.45) is 0 Å². The van der Waals surface area contributed by atoms with Crippen molar-refractivity contribution in [2.75, 3.05) is 10.6 Å². The van der Waals surface area contributed by atoms with E-state index >= 15 is 0 Å². The summed E-state index contributed by atoms with van der Waals surface area (Å²) in [5.41, 5.74) is 0.630. The summed E-state index contributed by atoms with van der Waals surface area (Å²) in [7, 11) is 0. The highest BCUT2D eigenvalue weighted by molar-refractivity contribution is 6.33. The minimum atomic E-state index is -0.559. The van der Waals surface area contributed by atoms with Crippen LogP contribution in [0.2, 0.25) is 5.02 Å². The van der Waals surface area contributed by atoms with E-state index in [0.29, 0.717) is 5.69 Å². The normalized spacial score (nSPS) is 9.85. The zero-order valence-corrected chi connectivity index (χ0v) is 10.9. The lowest BCUT2D eigenvalue weighted by molar-refractivity contribution is -0.384. The summed E-state index contributed by atoms with van der Waals surface area (Å²) < 4.78 is 0. The van der Waals surface area contributed by atoms with Crippen LogP contribution in [-0.2, 0) is 0 Å². The molecule has 7 heteroatoms. The number of carbonyl (C=O) groups is 1. The second-order valence-electron chi connectivity index (χ2n) is 3.87. The van der Waals surface area contributed by atoms with Gasteiger partial charge < -0.3 is 10.6 Å². The van der Waals surface area contributed by atoms with Crippen molar-refractivity contribution >= 4 is 34.7 Å². The first-order chi connectivity index (χ1) is 9.56. The summed E-state index contributed by atoms with van der Waals surface area (Å²) in [6.45, 7) is 0. The number of benzene rings is 2. The molecule has 0 radical (unpaired) electrons. The Kier molecular flexibility index (Phi) is 4.17. The van der Waals surface area contributed by atoms with Crippen molar-refractivity contribution < 1.29 is 9.72 Å². The van der Waals surface area contributed by atoms with Gasteiger partial charge in [-0.3, -0.25) is 10.1 Å². The lowest BCUT2D eigenvalue weighted by atomic mass is 10.3. The van der Waals surface area contributed by atoms with Crippen LogP contribution in [0, 0.1) is 10.1 Å². The fourth-order valence-electron chi connectivity index (χ4n) is 1.53. The van der Waals surface area contributed by atoms with Gasteiger partial charge in [0.1, 0.15) is 0 Å². The SMILES string of the molecule is O=C(Nc1ccccc1)Nc1cc([N+](=O)[O-])ccc1Cl. The van der Waals surface area contributed by atoms with E-state index in [1.54, 1.807) is 24.3 Å². The molecule has 0 heterocycles. The molecule has 2 amide bonds. The molecule has 0 unspecified atom stereocenters. The third kappa shape index (κ3) is 3.46. The van der Waals surface area contributed by atoms with Gasteiger partial charge in [0, 0.05) is 17.8 Å². The van der Waals surface area contributed by atoms with Gasteiger partial charge in [-0.1, -0.05) is 29.8 Å². The number of halogens is 1. The summed E-state index contributed by atoms with van der Waals surface area (Å²) in [6.07, 6.45) is 0. The molecule has 2 aromatic rings. The Morgan fingerprint density at radius 1 is 1.10 bits per heavy atom. The minimum absolute atomic E-state index is 0.149. The van der Waals surface area contributed by atoms with E-state index in [4.69, 9.17) is 11.6 Å². The van der Waals surface area contributed by atoms with Crippen LogP contribution < -0.4 is 10.6 Å². The van der Waals surface area contributed by atoms with Gasteiger partial charge in [0.2, 0.25) is 0 Å². The fourth-order valence-corrected chi connectivity index (χ4v) is 1.69. The Hall–Kier alpha value is -2.60. The van der Waals surface area contributed by atoms with Gasteiger partial charge in [0.05, 0.1) is 15.6 Å². The Morgan fingerprint density at radius 3 is 2.45 bits per heavy atom. The molecule has 2 rings (SSSR count). The lowest BCUT2D eigenvalue weighted by Gasteiger charge is -2.08. The average molecular weight is 292 g/mol. The van der Waals surface area contributed by atoms with Crippen molar-refractivity contribution in [1.82, 2.24) is 0 Å². The Morgan fingerprint density at radius 2 is 1.80 bits per heavy atom. The van der Waals surface area contributed by atoms with Crippen LogP contribution >= 0.6 is 11.6 Å². The third-order valence-electron chi connectivity index (χ3n) is 2.44. The quantitative estimate of drug-likeness (QED) is 0.664. The predicted molar refractivity (Wildman–Crippen MR) is 77.2 cm³/mol. The monoisotopic (exact) mass is 291 g/mol. The molecule has 0 aliphatic heterocycles. The molecule has 0 atom stereocenters. The number of hydrogen-bond donors (Lipinski definition) is 2. The van der Waals surface area contributed by atoms with E-state index < -0.39 is 11.0 Å². The molecule has 2 N–H and O–H groups in total. The predicted octanol–water partition coefficient (Wildman–Crippen LogP) is 3.89. The average Bonchev–Trinajstić information content (AvgIpc) is 2.42. The molecule has 0 aromatic heterocycles. The Labute approximate surface area is 119 Å². The summed E-state index contributed by atoms with van der Waals surface area (Å²) in [5, 5.41) is 16.0. The van der Waals surface area contributed by atoms with E-state index in [2.05, 4.69) is 10.6 Å². The third-order valence-corrected chi connectivity index (χ3v) is 2.77. The molecule has 20 heavy (non-hydrogen) atoms. The smallest absolute Gasteiger partial charge is 0.308 e. The molecule has 0 saturated heterocycles. The summed E-state index contributed by atoms with van der Waals surface area (Å²) in [4.78, 5) is 21.9. The number of hydrogen-bond acceptors (Lipinski definition) is 3. The topological polar surface area (TPSA) is 84.3 Å². The maximum atomic E-state index is 11.8. The number of para-hydroxylation sites is 1. The number of non-ortho nitro benzene ring substituents is 1. The molecule has 0 spiro atoms. The number of nitro benzene ring substituents is 1. The second-order valence-corrected chi connectivity index (χ2v) is 4.27. The van der Waals surface area contributed by atoms with E-state index in [1.807, 2.05) is 6.07 Å². The highest BCUT2D eigenvalue weighted by Gasteiger charge is 2.12. The van der Waals surface area contributed by atoms with Crippen LogP contribution in [0.25, 0.3) is 0 Å². The molecule has 0 aliphatic rings. The van der Waals surface area contributed by atoms with E-state index in [0.717, 1.165) is 0 Å². The zero-order valence-electron chi connectivity index (χ0n) is 10.2. The molecular formula is C13H10ClN3O3.